The summed E-state index contributed by atoms with van der Waals surface area (Å²) < 4.78 is 6.85. The second-order valence-electron chi connectivity index (χ2n) is 3.57. The molecule has 0 unspecified atom stereocenters. The molecule has 0 aliphatic rings. The molecule has 0 aromatic carbocycles. The van der Waals surface area contributed by atoms with E-state index in [1.54, 1.807) is 6.92 Å². The molecule has 0 fully saturated rings. The maximum absolute atomic E-state index is 11.9. The average Bonchev–Trinajstić information content (AvgIpc) is 2.79. The van der Waals surface area contributed by atoms with E-state index in [2.05, 4.69) is 4.98 Å². The normalized spacial score (nSPS) is 10.6. The van der Waals surface area contributed by atoms with Crippen molar-refractivity contribution in [3.8, 4) is 0 Å². The standard InChI is InChI=1S/C10H8IN3O4/c1-6-9(11)10(15)13(5-12-6)4-7-2-3-8(18-7)14(16)17/h2-3,5H,4H2,1H3. The van der Waals surface area contributed by atoms with Crippen LogP contribution in [0.4, 0.5) is 5.88 Å². The van der Waals surface area contributed by atoms with Crippen LogP contribution in [0.2, 0.25) is 0 Å². The van der Waals surface area contributed by atoms with Crippen LogP contribution >= 0.6 is 22.6 Å². The summed E-state index contributed by atoms with van der Waals surface area (Å²) in [5.74, 6) is -0.00179. The first-order valence-corrected chi connectivity index (χ1v) is 6.01. The van der Waals surface area contributed by atoms with Crippen molar-refractivity contribution in [2.24, 2.45) is 0 Å². The van der Waals surface area contributed by atoms with Crippen molar-refractivity contribution in [1.82, 2.24) is 9.55 Å². The highest BCUT2D eigenvalue weighted by Gasteiger charge is 2.13. The van der Waals surface area contributed by atoms with E-state index in [0.29, 0.717) is 15.0 Å². The number of aryl methyl sites for hydroxylation is 1. The Kier molecular flexibility index (Phi) is 3.45. The van der Waals surface area contributed by atoms with E-state index in [1.165, 1.54) is 23.0 Å². The Hall–Kier alpha value is -1.71. The van der Waals surface area contributed by atoms with E-state index < -0.39 is 4.92 Å². The molecule has 2 aromatic rings. The van der Waals surface area contributed by atoms with E-state index in [1.807, 2.05) is 22.6 Å². The van der Waals surface area contributed by atoms with Crippen LogP contribution in [-0.2, 0) is 6.54 Å². The predicted octanol–water partition coefficient (Wildman–Crippen LogP) is 1.71. The Balaban J connectivity index is 2.31. The predicted molar refractivity (Wildman–Crippen MR) is 70.4 cm³/mol. The summed E-state index contributed by atoms with van der Waals surface area (Å²) in [4.78, 5) is 25.8. The minimum absolute atomic E-state index is 0.121. The summed E-state index contributed by atoms with van der Waals surface area (Å²) in [5.41, 5.74) is 0.462. The number of halogens is 1. The van der Waals surface area contributed by atoms with Crippen molar-refractivity contribution in [3.63, 3.8) is 0 Å². The minimum atomic E-state index is -0.622. The number of rotatable bonds is 3. The van der Waals surface area contributed by atoms with Crippen molar-refractivity contribution in [2.45, 2.75) is 13.5 Å². The molecule has 18 heavy (non-hydrogen) atoms. The van der Waals surface area contributed by atoms with Gasteiger partial charge in [-0.1, -0.05) is 0 Å². The molecule has 0 amide bonds. The maximum Gasteiger partial charge on any atom is 0.433 e. The van der Waals surface area contributed by atoms with Crippen LogP contribution in [0.5, 0.6) is 0 Å². The SMILES string of the molecule is Cc1ncn(Cc2ccc([N+](=O)[O-])o2)c(=O)c1I. The molecule has 0 saturated carbocycles. The first kappa shape index (κ1) is 12.7. The Labute approximate surface area is 115 Å². The topological polar surface area (TPSA) is 91.2 Å². The van der Waals surface area contributed by atoms with Gasteiger partial charge in [-0.15, -0.1) is 0 Å². The molecule has 2 heterocycles. The van der Waals surface area contributed by atoms with Crippen molar-refractivity contribution in [3.05, 3.63) is 54.0 Å². The Morgan fingerprint density at radius 3 is 2.89 bits per heavy atom. The molecule has 2 aromatic heterocycles. The molecule has 0 aliphatic heterocycles. The third-order valence-electron chi connectivity index (χ3n) is 2.31. The molecule has 7 nitrogen and oxygen atoms in total. The highest BCUT2D eigenvalue weighted by Crippen LogP contribution is 2.16. The fourth-order valence-corrected chi connectivity index (χ4v) is 1.83. The van der Waals surface area contributed by atoms with Crippen LogP contribution in [0.3, 0.4) is 0 Å². The molecule has 0 saturated heterocycles. The van der Waals surface area contributed by atoms with Crippen molar-refractivity contribution in [1.29, 1.82) is 0 Å². The average molecular weight is 361 g/mol. The number of hydrogen-bond acceptors (Lipinski definition) is 5. The molecule has 0 atom stereocenters. The van der Waals surface area contributed by atoms with Crippen LogP contribution in [-0.4, -0.2) is 14.5 Å². The fourth-order valence-electron chi connectivity index (χ4n) is 1.38. The van der Waals surface area contributed by atoms with E-state index >= 15 is 0 Å². The third kappa shape index (κ3) is 2.42. The minimum Gasteiger partial charge on any atom is -0.404 e. The van der Waals surface area contributed by atoms with Gasteiger partial charge in [-0.25, -0.2) is 4.98 Å². The van der Waals surface area contributed by atoms with Gasteiger partial charge < -0.3 is 4.42 Å². The van der Waals surface area contributed by atoms with E-state index in [-0.39, 0.29) is 18.0 Å². The van der Waals surface area contributed by atoms with Gasteiger partial charge in [0.25, 0.3) is 5.56 Å². The van der Waals surface area contributed by atoms with Gasteiger partial charge in [0.15, 0.2) is 0 Å². The first-order valence-electron chi connectivity index (χ1n) is 4.93. The van der Waals surface area contributed by atoms with Gasteiger partial charge in [0.05, 0.1) is 28.2 Å². The number of aromatic nitrogens is 2. The van der Waals surface area contributed by atoms with Crippen molar-refractivity contribution in [2.75, 3.05) is 0 Å². The number of nitro groups is 1. The van der Waals surface area contributed by atoms with Gasteiger partial charge in [-0.3, -0.25) is 19.5 Å². The zero-order valence-corrected chi connectivity index (χ0v) is 11.4. The van der Waals surface area contributed by atoms with Gasteiger partial charge >= 0.3 is 5.88 Å². The van der Waals surface area contributed by atoms with Crippen molar-refractivity contribution >= 4 is 28.5 Å². The molecule has 0 spiro atoms. The molecular formula is C10H8IN3O4. The summed E-state index contributed by atoms with van der Waals surface area (Å²) in [6.07, 6.45) is 1.40. The second kappa shape index (κ2) is 4.88. The van der Waals surface area contributed by atoms with Crippen molar-refractivity contribution < 1.29 is 9.34 Å². The fraction of sp³-hybridized carbons (Fsp3) is 0.200. The molecule has 0 aliphatic carbocycles. The molecule has 8 heteroatoms. The Bertz CT molecular complexity index is 661. The summed E-state index contributed by atoms with van der Waals surface area (Å²) in [6, 6.07) is 2.73. The lowest BCUT2D eigenvalue weighted by molar-refractivity contribution is -0.402. The van der Waals surface area contributed by atoms with E-state index in [4.69, 9.17) is 4.42 Å². The summed E-state index contributed by atoms with van der Waals surface area (Å²) in [5, 5.41) is 10.5. The lowest BCUT2D eigenvalue weighted by Gasteiger charge is -2.04. The largest absolute Gasteiger partial charge is 0.433 e. The van der Waals surface area contributed by atoms with Gasteiger partial charge in [0.1, 0.15) is 10.7 Å². The Morgan fingerprint density at radius 1 is 1.56 bits per heavy atom. The van der Waals surface area contributed by atoms with Crippen LogP contribution < -0.4 is 5.56 Å². The van der Waals surface area contributed by atoms with Crippen LogP contribution in [0.15, 0.2) is 27.7 Å². The van der Waals surface area contributed by atoms with Crippen LogP contribution in [0.1, 0.15) is 11.5 Å². The number of hydrogen-bond donors (Lipinski definition) is 0. The van der Waals surface area contributed by atoms with Gasteiger partial charge in [0.2, 0.25) is 0 Å². The zero-order valence-electron chi connectivity index (χ0n) is 9.29. The maximum atomic E-state index is 11.9. The third-order valence-corrected chi connectivity index (χ3v) is 3.55. The van der Waals surface area contributed by atoms with Gasteiger partial charge in [-0.05, 0) is 35.6 Å². The van der Waals surface area contributed by atoms with Crippen LogP contribution in [0.25, 0.3) is 0 Å². The van der Waals surface area contributed by atoms with Gasteiger partial charge in [-0.2, -0.15) is 0 Å². The van der Waals surface area contributed by atoms with Gasteiger partial charge in [0, 0.05) is 0 Å². The Morgan fingerprint density at radius 2 is 2.28 bits per heavy atom. The lowest BCUT2D eigenvalue weighted by atomic mass is 10.4. The quantitative estimate of drug-likeness (QED) is 0.472. The molecule has 2 rings (SSSR count). The smallest absolute Gasteiger partial charge is 0.404 e. The highest BCUT2D eigenvalue weighted by atomic mass is 127. The monoisotopic (exact) mass is 361 g/mol. The lowest BCUT2D eigenvalue weighted by Crippen LogP contribution is -2.24. The van der Waals surface area contributed by atoms with E-state index in [0.717, 1.165) is 0 Å². The molecule has 0 radical (unpaired) electrons. The second-order valence-corrected chi connectivity index (χ2v) is 4.65. The van der Waals surface area contributed by atoms with E-state index in [9.17, 15) is 14.9 Å². The first-order chi connectivity index (χ1) is 8.49. The van der Waals surface area contributed by atoms with Crippen LogP contribution in [0, 0.1) is 20.6 Å². The molecule has 94 valence electrons. The zero-order chi connectivity index (χ0) is 13.3. The highest BCUT2D eigenvalue weighted by molar-refractivity contribution is 14.1. The number of furan rings is 1. The number of nitrogens with zero attached hydrogens (tertiary/aromatic N) is 3. The summed E-state index contributed by atoms with van der Waals surface area (Å²) in [7, 11) is 0. The summed E-state index contributed by atoms with van der Waals surface area (Å²) >= 11 is 1.92. The summed E-state index contributed by atoms with van der Waals surface area (Å²) in [6.45, 7) is 1.86. The molecule has 0 N–H and O–H groups in total. The molecular weight excluding hydrogens is 353 g/mol. The molecule has 0 bridgehead atoms.